The lowest BCUT2D eigenvalue weighted by Crippen LogP contribution is -2.35. The van der Waals surface area contributed by atoms with E-state index in [2.05, 4.69) is 20.7 Å². The molecule has 0 aliphatic rings. The van der Waals surface area contributed by atoms with Crippen molar-refractivity contribution in [2.45, 2.75) is 13.8 Å². The lowest BCUT2D eigenvalue weighted by atomic mass is 10.3. The highest BCUT2D eigenvalue weighted by Gasteiger charge is 2.21. The molecule has 0 amide bonds. The lowest BCUT2D eigenvalue weighted by Gasteiger charge is -2.20. The first-order valence-corrected chi connectivity index (χ1v) is 7.85. The zero-order valence-electron chi connectivity index (χ0n) is 9.87. The molecule has 0 saturated carbocycles. The third-order valence-corrected chi connectivity index (χ3v) is 4.87. The Balaban J connectivity index is 3.12. The molecule has 0 aliphatic carbocycles. The van der Waals surface area contributed by atoms with Crippen molar-refractivity contribution in [3.63, 3.8) is 0 Å². The summed E-state index contributed by atoms with van der Waals surface area (Å²) in [4.78, 5) is 0. The van der Waals surface area contributed by atoms with Crippen LogP contribution in [0.4, 0.5) is 10.1 Å². The molecule has 0 radical (unpaired) electrons. The van der Waals surface area contributed by atoms with Crippen LogP contribution in [0.5, 0.6) is 0 Å². The fourth-order valence-electron chi connectivity index (χ4n) is 1.40. The summed E-state index contributed by atoms with van der Waals surface area (Å²) in [7, 11) is -3.69. The van der Waals surface area contributed by atoms with Crippen molar-refractivity contribution in [1.29, 1.82) is 0 Å². The maximum absolute atomic E-state index is 13.0. The van der Waals surface area contributed by atoms with Crippen LogP contribution in [-0.2, 0) is 10.2 Å². The van der Waals surface area contributed by atoms with Gasteiger partial charge in [0.1, 0.15) is 5.82 Å². The van der Waals surface area contributed by atoms with Crippen LogP contribution in [0.15, 0.2) is 16.6 Å². The zero-order chi connectivity index (χ0) is 13.9. The standard InChI is InChI=1S/C10H13BrClFN2O2S/c1-3-15(4-2)18(16,17)14-10-8(11)5-7(13)6-9(10)12/h5-6,14H,3-4H2,1-2H3. The summed E-state index contributed by atoms with van der Waals surface area (Å²) in [5, 5.41) is -0.00222. The molecule has 1 aromatic carbocycles. The zero-order valence-corrected chi connectivity index (χ0v) is 13.0. The average Bonchev–Trinajstić information content (AvgIpc) is 2.24. The lowest BCUT2D eigenvalue weighted by molar-refractivity contribution is 0.449. The van der Waals surface area contributed by atoms with Gasteiger partial charge in [-0.2, -0.15) is 12.7 Å². The minimum Gasteiger partial charge on any atom is -0.268 e. The van der Waals surface area contributed by atoms with E-state index >= 15 is 0 Å². The van der Waals surface area contributed by atoms with E-state index in [1.54, 1.807) is 13.8 Å². The fourth-order valence-corrected chi connectivity index (χ4v) is 3.77. The van der Waals surface area contributed by atoms with Gasteiger partial charge in [-0.3, -0.25) is 4.72 Å². The molecule has 0 saturated heterocycles. The van der Waals surface area contributed by atoms with Gasteiger partial charge in [0.05, 0.1) is 10.7 Å². The smallest absolute Gasteiger partial charge is 0.268 e. The van der Waals surface area contributed by atoms with E-state index in [0.717, 1.165) is 12.1 Å². The molecule has 102 valence electrons. The first-order valence-electron chi connectivity index (χ1n) is 5.24. The van der Waals surface area contributed by atoms with Crippen molar-refractivity contribution < 1.29 is 12.8 Å². The predicted molar refractivity (Wildman–Crippen MR) is 74.6 cm³/mol. The Kier molecular flexibility index (Phi) is 5.39. The molecule has 1 aromatic rings. The summed E-state index contributed by atoms with van der Waals surface area (Å²) in [6.07, 6.45) is 0. The molecule has 0 aromatic heterocycles. The summed E-state index contributed by atoms with van der Waals surface area (Å²) < 4.78 is 40.8. The monoisotopic (exact) mass is 358 g/mol. The molecule has 0 bridgehead atoms. The third kappa shape index (κ3) is 3.57. The van der Waals surface area contributed by atoms with Crippen LogP contribution in [0, 0.1) is 5.82 Å². The first-order chi connectivity index (χ1) is 8.31. The first kappa shape index (κ1) is 15.7. The van der Waals surface area contributed by atoms with E-state index in [0.29, 0.717) is 13.1 Å². The van der Waals surface area contributed by atoms with Crippen molar-refractivity contribution in [1.82, 2.24) is 4.31 Å². The highest BCUT2D eigenvalue weighted by Crippen LogP contribution is 2.32. The highest BCUT2D eigenvalue weighted by atomic mass is 79.9. The molecule has 0 atom stereocenters. The summed E-state index contributed by atoms with van der Waals surface area (Å²) in [6.45, 7) is 4.12. The van der Waals surface area contributed by atoms with E-state index in [4.69, 9.17) is 11.6 Å². The molecule has 8 heteroatoms. The molecule has 0 unspecified atom stereocenters. The van der Waals surface area contributed by atoms with Crippen LogP contribution in [0.1, 0.15) is 13.8 Å². The van der Waals surface area contributed by atoms with E-state index in [9.17, 15) is 12.8 Å². The molecule has 0 fully saturated rings. The van der Waals surface area contributed by atoms with E-state index in [-0.39, 0.29) is 15.2 Å². The molecule has 4 nitrogen and oxygen atoms in total. The van der Waals surface area contributed by atoms with Gasteiger partial charge < -0.3 is 0 Å². The Bertz CT molecular complexity index is 512. The Labute approximate surface area is 119 Å². The Morgan fingerprint density at radius 3 is 2.39 bits per heavy atom. The van der Waals surface area contributed by atoms with Crippen molar-refractivity contribution in [3.05, 3.63) is 27.4 Å². The van der Waals surface area contributed by atoms with Crippen LogP contribution in [-0.4, -0.2) is 25.8 Å². The molecule has 1 N–H and O–H groups in total. The van der Waals surface area contributed by atoms with Crippen LogP contribution in [0.2, 0.25) is 5.02 Å². The Morgan fingerprint density at radius 1 is 1.39 bits per heavy atom. The van der Waals surface area contributed by atoms with Gasteiger partial charge in [-0.15, -0.1) is 0 Å². The minimum absolute atomic E-state index is 0.00222. The molecule has 0 aliphatic heterocycles. The highest BCUT2D eigenvalue weighted by molar-refractivity contribution is 9.10. The molecular formula is C10H13BrClFN2O2S. The Morgan fingerprint density at radius 2 is 1.94 bits per heavy atom. The number of halogens is 3. The van der Waals surface area contributed by atoms with Gasteiger partial charge in [-0.25, -0.2) is 4.39 Å². The van der Waals surface area contributed by atoms with Gasteiger partial charge in [0.2, 0.25) is 0 Å². The van der Waals surface area contributed by atoms with Gasteiger partial charge in [-0.1, -0.05) is 25.4 Å². The van der Waals surface area contributed by atoms with Gasteiger partial charge in [0, 0.05) is 17.6 Å². The van der Waals surface area contributed by atoms with Gasteiger partial charge >= 0.3 is 10.2 Å². The largest absolute Gasteiger partial charge is 0.301 e. The number of anilines is 1. The van der Waals surface area contributed by atoms with Crippen molar-refractivity contribution in [2.75, 3.05) is 17.8 Å². The second-order valence-electron chi connectivity index (χ2n) is 3.44. The third-order valence-electron chi connectivity index (χ3n) is 2.28. The summed E-state index contributed by atoms with van der Waals surface area (Å²) >= 11 is 8.89. The normalized spacial score (nSPS) is 11.9. The van der Waals surface area contributed by atoms with E-state index in [1.807, 2.05) is 0 Å². The number of benzene rings is 1. The maximum atomic E-state index is 13.0. The molecule has 0 heterocycles. The quantitative estimate of drug-likeness (QED) is 0.877. The van der Waals surface area contributed by atoms with Crippen molar-refractivity contribution in [3.8, 4) is 0 Å². The number of nitrogens with zero attached hydrogens (tertiary/aromatic N) is 1. The van der Waals surface area contributed by atoms with E-state index < -0.39 is 16.0 Å². The van der Waals surface area contributed by atoms with Crippen LogP contribution < -0.4 is 4.72 Å². The number of hydrogen-bond donors (Lipinski definition) is 1. The van der Waals surface area contributed by atoms with Crippen LogP contribution in [0.3, 0.4) is 0 Å². The molecule has 18 heavy (non-hydrogen) atoms. The van der Waals surface area contributed by atoms with Crippen LogP contribution >= 0.6 is 27.5 Å². The number of rotatable bonds is 5. The van der Waals surface area contributed by atoms with Crippen molar-refractivity contribution >= 4 is 43.4 Å². The Hall–Kier alpha value is -0.370. The maximum Gasteiger partial charge on any atom is 0.301 e. The van der Waals surface area contributed by atoms with Gasteiger partial charge in [-0.05, 0) is 28.1 Å². The van der Waals surface area contributed by atoms with Gasteiger partial charge in [0.25, 0.3) is 0 Å². The van der Waals surface area contributed by atoms with E-state index in [1.165, 1.54) is 4.31 Å². The second kappa shape index (κ2) is 6.18. The average molecular weight is 360 g/mol. The SMILES string of the molecule is CCN(CC)S(=O)(=O)Nc1c(Cl)cc(F)cc1Br. The summed E-state index contributed by atoms with van der Waals surface area (Å²) in [5.41, 5.74) is 0.130. The summed E-state index contributed by atoms with van der Waals surface area (Å²) in [6, 6.07) is 2.19. The molecule has 1 rings (SSSR count). The second-order valence-corrected chi connectivity index (χ2v) is 6.37. The van der Waals surface area contributed by atoms with Gasteiger partial charge in [0.15, 0.2) is 0 Å². The number of hydrogen-bond acceptors (Lipinski definition) is 2. The summed E-state index contributed by atoms with van der Waals surface area (Å²) in [5.74, 6) is -0.544. The topological polar surface area (TPSA) is 49.4 Å². The molecule has 0 spiro atoms. The minimum atomic E-state index is -3.69. The van der Waals surface area contributed by atoms with Crippen LogP contribution in [0.25, 0.3) is 0 Å². The molecular weight excluding hydrogens is 347 g/mol. The van der Waals surface area contributed by atoms with Crippen molar-refractivity contribution in [2.24, 2.45) is 0 Å². The fraction of sp³-hybridized carbons (Fsp3) is 0.400. The number of nitrogens with one attached hydrogen (secondary N) is 1. The predicted octanol–water partition coefficient (Wildman–Crippen LogP) is 3.24.